The van der Waals surface area contributed by atoms with Crippen molar-refractivity contribution in [3.05, 3.63) is 83.4 Å². The second-order valence-electron chi connectivity index (χ2n) is 7.37. The van der Waals surface area contributed by atoms with E-state index in [1.807, 2.05) is 24.3 Å². The number of rotatable bonds is 0. The molecule has 0 atom stereocenters. The molecule has 5 N–H and O–H groups in total. The summed E-state index contributed by atoms with van der Waals surface area (Å²) >= 11 is 0. The number of hydrogen-bond donors (Lipinski definition) is 4. The van der Waals surface area contributed by atoms with Crippen molar-refractivity contribution in [2.75, 3.05) is 0 Å². The van der Waals surface area contributed by atoms with Gasteiger partial charge in [0.05, 0.1) is 22.8 Å². The van der Waals surface area contributed by atoms with Crippen LogP contribution >= 0.6 is 0 Å². The molecule has 0 fully saturated rings. The minimum atomic E-state index is -1.33. The van der Waals surface area contributed by atoms with Crippen molar-refractivity contribution < 1.29 is 9.90 Å². The molecule has 5 heterocycles. The molecule has 0 saturated heterocycles. The molecule has 2 aliphatic heterocycles. The summed E-state index contributed by atoms with van der Waals surface area (Å²) in [4.78, 5) is 25.2. The molecule has 0 radical (unpaired) electrons. The summed E-state index contributed by atoms with van der Waals surface area (Å²) in [6, 6.07) is 20.8. The highest BCUT2D eigenvalue weighted by atomic mass is 16.4. The van der Waals surface area contributed by atoms with Gasteiger partial charge in [-0.15, -0.1) is 0 Å². The summed E-state index contributed by atoms with van der Waals surface area (Å²) in [6.07, 6.45) is 6.83. The van der Waals surface area contributed by atoms with E-state index in [4.69, 9.17) is 19.9 Å². The molecule has 1 aromatic carbocycles. The first-order valence-electron chi connectivity index (χ1n) is 9.98. The Hall–Kier alpha value is -4.65. The fourth-order valence-electron chi connectivity index (χ4n) is 3.78. The second kappa shape index (κ2) is 7.88. The molecular formula is C25H19N5O2. The number of aromatic nitrogens is 4. The van der Waals surface area contributed by atoms with Crippen molar-refractivity contribution in [2.45, 2.75) is 0 Å². The summed E-state index contributed by atoms with van der Waals surface area (Å²) in [6.45, 7) is 0. The second-order valence-corrected chi connectivity index (χ2v) is 7.37. The van der Waals surface area contributed by atoms with E-state index in [1.165, 1.54) is 10.8 Å². The minimum Gasteiger partial charge on any atom is -0.465 e. The smallest absolute Gasteiger partial charge is 0.402 e. The lowest BCUT2D eigenvalue weighted by molar-refractivity contribution is 0.205. The van der Waals surface area contributed by atoms with Gasteiger partial charge >= 0.3 is 6.09 Å². The number of amides is 1. The summed E-state index contributed by atoms with van der Waals surface area (Å²) in [5.41, 5.74) is 11.9. The van der Waals surface area contributed by atoms with Gasteiger partial charge in [-0.1, -0.05) is 24.3 Å². The highest BCUT2D eigenvalue weighted by Crippen LogP contribution is 2.26. The number of primary amides is 1. The van der Waals surface area contributed by atoms with Crippen molar-refractivity contribution in [3.63, 3.8) is 0 Å². The predicted octanol–water partition coefficient (Wildman–Crippen LogP) is 5.43. The molecule has 6 rings (SSSR count). The normalized spacial score (nSPS) is 11.9. The van der Waals surface area contributed by atoms with E-state index in [-0.39, 0.29) is 0 Å². The van der Waals surface area contributed by atoms with Gasteiger partial charge in [-0.25, -0.2) is 14.8 Å². The third-order valence-corrected chi connectivity index (χ3v) is 5.07. The lowest BCUT2D eigenvalue weighted by Crippen LogP contribution is -2.03. The van der Waals surface area contributed by atoms with Gasteiger partial charge in [-0.3, -0.25) is 0 Å². The molecule has 0 saturated carbocycles. The Morgan fingerprint density at radius 3 is 1.53 bits per heavy atom. The molecule has 0 aliphatic carbocycles. The zero-order valence-corrected chi connectivity index (χ0v) is 16.9. The SMILES string of the molecule is C1=Cc2cc3[nH]c(cc4nc(cc5ccc(cc1n2)[nH]5)C=C4)c1ccccc31.NC(=O)O. The largest absolute Gasteiger partial charge is 0.465 e. The van der Waals surface area contributed by atoms with Crippen LogP contribution in [-0.2, 0) is 0 Å². The maximum Gasteiger partial charge on any atom is 0.402 e. The molecule has 4 aromatic rings. The van der Waals surface area contributed by atoms with E-state index in [2.05, 4.69) is 76.4 Å². The van der Waals surface area contributed by atoms with E-state index in [9.17, 15) is 0 Å². The standard InChI is InChI=1S/C24H16N4.CH3NO2/c1-2-4-22-21(3-1)23-13-19-9-7-17(26-19)11-15-5-6-16(25-15)12-18-8-10-20(27-18)14-24(22)28-23;2-1(3)4/h1-14,25,28H;2H2,(H,3,4). The maximum absolute atomic E-state index is 8.78. The molecule has 3 aromatic heterocycles. The van der Waals surface area contributed by atoms with Crippen LogP contribution < -0.4 is 5.73 Å². The number of carboxylic acid groups (broad SMARTS) is 1. The highest BCUT2D eigenvalue weighted by Gasteiger charge is 2.05. The molecule has 0 unspecified atom stereocenters. The number of fused-ring (bicyclic) bond motifs is 11. The van der Waals surface area contributed by atoms with Gasteiger partial charge in [0.25, 0.3) is 0 Å². The van der Waals surface area contributed by atoms with Crippen molar-refractivity contribution in [1.82, 2.24) is 19.9 Å². The van der Waals surface area contributed by atoms with Crippen LogP contribution in [0.2, 0.25) is 0 Å². The summed E-state index contributed by atoms with van der Waals surface area (Å²) in [5.74, 6) is 0. The van der Waals surface area contributed by atoms with E-state index in [0.717, 1.165) is 44.8 Å². The zero-order valence-electron chi connectivity index (χ0n) is 16.9. The molecule has 2 aliphatic rings. The van der Waals surface area contributed by atoms with E-state index in [0.29, 0.717) is 0 Å². The van der Waals surface area contributed by atoms with Crippen molar-refractivity contribution >= 4 is 63.2 Å². The van der Waals surface area contributed by atoms with E-state index in [1.54, 1.807) is 0 Å². The number of hydrogen-bond acceptors (Lipinski definition) is 3. The molecule has 32 heavy (non-hydrogen) atoms. The van der Waals surface area contributed by atoms with Crippen LogP contribution in [0.3, 0.4) is 0 Å². The summed E-state index contributed by atoms with van der Waals surface area (Å²) in [7, 11) is 0. The van der Waals surface area contributed by atoms with Gasteiger partial charge in [0.2, 0.25) is 0 Å². The molecule has 1 amide bonds. The Kier molecular flexibility index (Phi) is 4.76. The number of carbonyl (C=O) groups is 1. The number of benzene rings is 1. The number of aromatic amines is 2. The van der Waals surface area contributed by atoms with Gasteiger partial charge in [0.1, 0.15) is 0 Å². The average molecular weight is 421 g/mol. The zero-order chi connectivity index (χ0) is 22.1. The topological polar surface area (TPSA) is 121 Å². The van der Waals surface area contributed by atoms with Crippen LogP contribution in [0, 0.1) is 0 Å². The molecule has 156 valence electrons. The van der Waals surface area contributed by atoms with Crippen LogP contribution in [0.5, 0.6) is 0 Å². The lowest BCUT2D eigenvalue weighted by Gasteiger charge is -1.88. The van der Waals surface area contributed by atoms with Gasteiger partial charge in [0.15, 0.2) is 0 Å². The Balaban J connectivity index is 0.000000501. The van der Waals surface area contributed by atoms with Gasteiger partial charge in [0, 0.05) is 32.8 Å². The quantitative estimate of drug-likeness (QED) is 0.261. The van der Waals surface area contributed by atoms with Crippen molar-refractivity contribution in [1.29, 1.82) is 0 Å². The molecule has 8 bridgehead atoms. The number of H-pyrrole nitrogens is 2. The van der Waals surface area contributed by atoms with Gasteiger partial charge in [-0.2, -0.15) is 0 Å². The fraction of sp³-hybridized carbons (Fsp3) is 0. The first kappa shape index (κ1) is 19.3. The van der Waals surface area contributed by atoms with Gasteiger partial charge < -0.3 is 20.8 Å². The van der Waals surface area contributed by atoms with E-state index < -0.39 is 6.09 Å². The van der Waals surface area contributed by atoms with E-state index >= 15 is 0 Å². The Bertz CT molecular complexity index is 1460. The monoisotopic (exact) mass is 421 g/mol. The van der Waals surface area contributed by atoms with Crippen LogP contribution in [0.15, 0.2) is 60.7 Å². The first-order valence-corrected chi connectivity index (χ1v) is 9.98. The first-order chi connectivity index (χ1) is 15.5. The molecule has 7 heteroatoms. The third kappa shape index (κ3) is 3.99. The Morgan fingerprint density at radius 2 is 1.09 bits per heavy atom. The summed E-state index contributed by atoms with van der Waals surface area (Å²) in [5, 5.41) is 9.55. The van der Waals surface area contributed by atoms with Crippen molar-refractivity contribution in [2.24, 2.45) is 5.73 Å². The predicted molar refractivity (Wildman–Crippen MR) is 129 cm³/mol. The number of nitrogens with two attached hydrogens (primary N) is 1. The lowest BCUT2D eigenvalue weighted by atomic mass is 10.1. The third-order valence-electron chi connectivity index (χ3n) is 5.07. The average Bonchev–Trinajstić information content (AvgIpc) is 3.53. The molecule has 7 nitrogen and oxygen atoms in total. The summed E-state index contributed by atoms with van der Waals surface area (Å²) < 4.78 is 0. The van der Waals surface area contributed by atoms with Crippen LogP contribution in [0.25, 0.3) is 57.1 Å². The number of nitrogens with one attached hydrogen (secondary N) is 2. The Labute approximate surface area is 182 Å². The molecule has 0 spiro atoms. The molecular weight excluding hydrogens is 402 g/mol. The van der Waals surface area contributed by atoms with Crippen LogP contribution in [-0.4, -0.2) is 31.1 Å². The van der Waals surface area contributed by atoms with Crippen LogP contribution in [0.1, 0.15) is 22.8 Å². The van der Waals surface area contributed by atoms with Crippen LogP contribution in [0.4, 0.5) is 4.79 Å². The highest BCUT2D eigenvalue weighted by molar-refractivity contribution is 6.07. The number of nitrogens with zero attached hydrogens (tertiary/aromatic N) is 2. The Morgan fingerprint density at radius 1 is 0.688 bits per heavy atom. The minimum absolute atomic E-state index is 0.933. The fourth-order valence-corrected chi connectivity index (χ4v) is 3.78. The van der Waals surface area contributed by atoms with Gasteiger partial charge in [-0.05, 0) is 60.7 Å². The van der Waals surface area contributed by atoms with Crippen molar-refractivity contribution in [3.8, 4) is 0 Å². The maximum atomic E-state index is 8.78.